The lowest BCUT2D eigenvalue weighted by Gasteiger charge is -2.09. The van der Waals surface area contributed by atoms with E-state index in [4.69, 9.17) is 14.3 Å². The van der Waals surface area contributed by atoms with Gasteiger partial charge in [0.05, 0.1) is 20.1 Å². The molecule has 10 nitrogen and oxygen atoms in total. The molecule has 0 aliphatic carbocycles. The molecular formula is C18H11Br2N3O7. The van der Waals surface area contributed by atoms with Crippen molar-refractivity contribution in [3.63, 3.8) is 0 Å². The number of hydrazone groups is 1. The lowest BCUT2D eigenvalue weighted by Crippen LogP contribution is -2.16. The van der Waals surface area contributed by atoms with Gasteiger partial charge in [0, 0.05) is 17.5 Å². The minimum absolute atomic E-state index is 0.0533. The van der Waals surface area contributed by atoms with E-state index < -0.39 is 23.4 Å². The van der Waals surface area contributed by atoms with Crippen LogP contribution in [0, 0.1) is 10.1 Å². The minimum atomic E-state index is -1.11. The molecule has 0 spiro atoms. The number of furan rings is 1. The Labute approximate surface area is 184 Å². The molecule has 0 saturated carbocycles. The quantitative estimate of drug-likeness (QED) is 0.261. The monoisotopic (exact) mass is 539 g/mol. The van der Waals surface area contributed by atoms with Crippen LogP contribution in [0.1, 0.15) is 16.1 Å². The number of nitro benzene ring substituents is 1. The molecule has 0 unspecified atom stereocenters. The third kappa shape index (κ3) is 5.02. The van der Waals surface area contributed by atoms with Gasteiger partial charge in [-0.05, 0) is 61.7 Å². The number of aliphatic carboxylic acids is 1. The number of fused-ring (bicyclic) bond motifs is 1. The molecule has 0 atom stereocenters. The summed E-state index contributed by atoms with van der Waals surface area (Å²) in [5.74, 6) is -1.48. The molecule has 0 bridgehead atoms. The summed E-state index contributed by atoms with van der Waals surface area (Å²) in [4.78, 5) is 33.1. The van der Waals surface area contributed by atoms with E-state index in [0.29, 0.717) is 31.2 Å². The first-order chi connectivity index (χ1) is 14.2. The fraction of sp³-hybridized carbons (Fsp3) is 0.0556. The third-order valence-corrected chi connectivity index (χ3v) is 4.85. The van der Waals surface area contributed by atoms with Crippen molar-refractivity contribution in [3.05, 3.63) is 66.8 Å². The maximum atomic E-state index is 12.2. The molecule has 0 aliphatic heterocycles. The van der Waals surface area contributed by atoms with Crippen molar-refractivity contribution in [1.29, 1.82) is 0 Å². The Morgan fingerprint density at radius 3 is 2.57 bits per heavy atom. The molecule has 0 radical (unpaired) electrons. The zero-order chi connectivity index (χ0) is 21.8. The van der Waals surface area contributed by atoms with Crippen LogP contribution < -0.4 is 10.2 Å². The number of nitro groups is 1. The lowest BCUT2D eigenvalue weighted by atomic mass is 10.2. The lowest BCUT2D eigenvalue weighted by molar-refractivity contribution is -0.384. The summed E-state index contributed by atoms with van der Waals surface area (Å²) in [5.41, 5.74) is 3.11. The third-order valence-electron chi connectivity index (χ3n) is 3.67. The number of hydrogen-bond acceptors (Lipinski definition) is 7. The highest BCUT2D eigenvalue weighted by Crippen LogP contribution is 2.34. The van der Waals surface area contributed by atoms with Crippen LogP contribution in [0.15, 0.2) is 54.9 Å². The van der Waals surface area contributed by atoms with Gasteiger partial charge in [0.25, 0.3) is 5.69 Å². The van der Waals surface area contributed by atoms with Gasteiger partial charge < -0.3 is 14.3 Å². The zero-order valence-electron chi connectivity index (χ0n) is 14.8. The van der Waals surface area contributed by atoms with Crippen LogP contribution in [0.3, 0.4) is 0 Å². The fourth-order valence-corrected chi connectivity index (χ4v) is 3.85. The fourth-order valence-electron chi connectivity index (χ4n) is 2.40. The number of rotatable bonds is 7. The van der Waals surface area contributed by atoms with Gasteiger partial charge in [-0.1, -0.05) is 0 Å². The number of carbonyl (C=O) groups is 2. The number of nitrogens with zero attached hydrogens (tertiary/aromatic N) is 2. The molecule has 1 aromatic heterocycles. The number of carbonyl (C=O) groups excluding carboxylic acids is 1. The molecule has 3 aromatic rings. The number of ether oxygens (including phenoxy) is 1. The molecule has 0 aliphatic rings. The SMILES string of the molecule is O=C(O)COc1c(Br)cc(/C=N/NC(=O)c2cc3cc([N+](=O)[O-])ccc3o2)cc1Br. The Hall–Kier alpha value is -3.25. The van der Waals surface area contributed by atoms with Gasteiger partial charge in [0.1, 0.15) is 11.3 Å². The average molecular weight is 541 g/mol. The molecule has 154 valence electrons. The van der Waals surface area contributed by atoms with E-state index in [1.807, 2.05) is 0 Å². The van der Waals surface area contributed by atoms with E-state index in [2.05, 4.69) is 42.4 Å². The predicted octanol–water partition coefficient (Wildman–Crippen LogP) is 4.09. The molecule has 1 heterocycles. The van der Waals surface area contributed by atoms with Gasteiger partial charge in [0.2, 0.25) is 0 Å². The largest absolute Gasteiger partial charge is 0.480 e. The molecule has 2 N–H and O–H groups in total. The van der Waals surface area contributed by atoms with Crippen molar-refractivity contribution in [2.24, 2.45) is 5.10 Å². The van der Waals surface area contributed by atoms with Crippen molar-refractivity contribution in [1.82, 2.24) is 5.43 Å². The van der Waals surface area contributed by atoms with Crippen molar-refractivity contribution in [2.75, 3.05) is 6.61 Å². The molecule has 0 fully saturated rings. The van der Waals surface area contributed by atoms with E-state index in [-0.39, 0.29) is 11.4 Å². The number of amides is 1. The molecule has 3 rings (SSSR count). The highest BCUT2D eigenvalue weighted by atomic mass is 79.9. The second-order valence-corrected chi connectivity index (χ2v) is 7.49. The van der Waals surface area contributed by atoms with Crippen LogP contribution in [0.5, 0.6) is 5.75 Å². The summed E-state index contributed by atoms with van der Waals surface area (Å²) in [6, 6.07) is 8.63. The second kappa shape index (κ2) is 9.05. The number of hydrogen-bond donors (Lipinski definition) is 2. The number of non-ortho nitro benzene ring substituents is 1. The highest BCUT2D eigenvalue weighted by Gasteiger charge is 2.15. The summed E-state index contributed by atoms with van der Waals surface area (Å²) in [6.45, 7) is -0.499. The number of halogens is 2. The number of carboxylic acids is 1. The van der Waals surface area contributed by atoms with Crippen molar-refractivity contribution in [2.45, 2.75) is 0 Å². The number of benzene rings is 2. The van der Waals surface area contributed by atoms with E-state index >= 15 is 0 Å². The topological polar surface area (TPSA) is 144 Å². The van der Waals surface area contributed by atoms with Crippen LogP contribution in [0.25, 0.3) is 11.0 Å². The summed E-state index contributed by atoms with van der Waals surface area (Å²) < 4.78 is 11.5. The maximum Gasteiger partial charge on any atom is 0.341 e. The normalized spacial score (nSPS) is 11.0. The number of nitrogens with one attached hydrogen (secondary N) is 1. The van der Waals surface area contributed by atoms with Gasteiger partial charge >= 0.3 is 11.9 Å². The summed E-state index contributed by atoms with van der Waals surface area (Å²) >= 11 is 6.56. The average Bonchev–Trinajstić information content (AvgIpc) is 3.10. The van der Waals surface area contributed by atoms with Gasteiger partial charge in [-0.15, -0.1) is 0 Å². The van der Waals surface area contributed by atoms with Gasteiger partial charge in [-0.2, -0.15) is 5.10 Å². The Bertz CT molecular complexity index is 1170. The summed E-state index contributed by atoms with van der Waals surface area (Å²) in [7, 11) is 0. The molecule has 1 amide bonds. The maximum absolute atomic E-state index is 12.2. The molecule has 0 saturated heterocycles. The number of carboxylic acid groups (broad SMARTS) is 1. The van der Waals surface area contributed by atoms with Crippen LogP contribution >= 0.6 is 31.9 Å². The predicted molar refractivity (Wildman–Crippen MR) is 113 cm³/mol. The van der Waals surface area contributed by atoms with Crippen LogP contribution in [0.4, 0.5) is 5.69 Å². The van der Waals surface area contributed by atoms with Crippen LogP contribution in [-0.2, 0) is 4.79 Å². The van der Waals surface area contributed by atoms with Crippen LogP contribution in [0.2, 0.25) is 0 Å². The first kappa shape index (κ1) is 21.5. The van der Waals surface area contributed by atoms with Crippen molar-refractivity contribution in [3.8, 4) is 5.75 Å². The molecular weight excluding hydrogens is 530 g/mol. The Morgan fingerprint density at radius 2 is 1.93 bits per heavy atom. The van der Waals surface area contributed by atoms with E-state index in [1.54, 1.807) is 12.1 Å². The summed E-state index contributed by atoms with van der Waals surface area (Å²) in [6.07, 6.45) is 1.36. The molecule has 12 heteroatoms. The van der Waals surface area contributed by atoms with Gasteiger partial charge in [-0.3, -0.25) is 14.9 Å². The van der Waals surface area contributed by atoms with Crippen LogP contribution in [-0.4, -0.2) is 34.7 Å². The smallest absolute Gasteiger partial charge is 0.341 e. The van der Waals surface area contributed by atoms with Crippen molar-refractivity contribution >= 4 is 66.6 Å². The van der Waals surface area contributed by atoms with E-state index in [1.165, 1.54) is 30.5 Å². The summed E-state index contributed by atoms with van der Waals surface area (Å²) in [5, 5.41) is 23.8. The van der Waals surface area contributed by atoms with E-state index in [0.717, 1.165) is 0 Å². The molecule has 30 heavy (non-hydrogen) atoms. The first-order valence-corrected chi connectivity index (χ1v) is 9.68. The minimum Gasteiger partial charge on any atom is -0.480 e. The van der Waals surface area contributed by atoms with Gasteiger partial charge in [0.15, 0.2) is 12.4 Å². The Morgan fingerprint density at radius 1 is 1.23 bits per heavy atom. The molecule has 2 aromatic carbocycles. The van der Waals surface area contributed by atoms with Gasteiger partial charge in [-0.25, -0.2) is 10.2 Å². The standard InChI is InChI=1S/C18H11Br2N3O7/c19-12-3-9(4-13(20)17(12)29-8-16(24)25)7-21-22-18(26)15-6-10-5-11(23(27)28)1-2-14(10)30-15/h1-7H,8H2,(H,22,26)(H,24,25)/b21-7+. The Balaban J connectivity index is 1.70. The zero-order valence-corrected chi connectivity index (χ0v) is 18.0. The second-order valence-electron chi connectivity index (χ2n) is 5.79. The highest BCUT2D eigenvalue weighted by molar-refractivity contribution is 9.11. The first-order valence-electron chi connectivity index (χ1n) is 8.09. The van der Waals surface area contributed by atoms with Crippen molar-refractivity contribution < 1.29 is 28.8 Å². The Kier molecular flexibility index (Phi) is 6.47. The van der Waals surface area contributed by atoms with E-state index in [9.17, 15) is 19.7 Å².